The maximum atomic E-state index is 9.75. The second-order valence-corrected chi connectivity index (χ2v) is 0.642. The summed E-state index contributed by atoms with van der Waals surface area (Å²) in [6, 6.07) is 0. The van der Waals surface area contributed by atoms with Crippen molar-refractivity contribution in [3.05, 3.63) is 4.91 Å². The Labute approximate surface area is 47.6 Å². The summed E-state index contributed by atoms with van der Waals surface area (Å²) >= 11 is 0. The number of rotatable bonds is 3. The van der Waals surface area contributed by atoms with Crippen LogP contribution < -0.4 is 0 Å². The van der Waals surface area contributed by atoms with E-state index in [9.17, 15) is 4.79 Å². The van der Waals surface area contributed by atoms with Gasteiger partial charge in [0, 0.05) is 5.04 Å². The third kappa shape index (κ3) is 4.61. The molecule has 0 saturated carbocycles. The molecule has 0 radical (unpaired) electrons. The van der Waals surface area contributed by atoms with Crippen LogP contribution in [0.4, 0.5) is 4.79 Å². The second-order valence-electron chi connectivity index (χ2n) is 0.642. The average molecular weight is 139 g/mol. The van der Waals surface area contributed by atoms with Crippen LogP contribution in [-0.2, 0) is 19.8 Å². The molecule has 52 valence electrons. The van der Waals surface area contributed by atoms with Gasteiger partial charge in [-0.15, -0.1) is 4.91 Å². The molecule has 0 amide bonds. The molecule has 0 bridgehead atoms. The molecule has 0 rings (SSSR count). The van der Waals surface area contributed by atoms with Crippen molar-refractivity contribution < 1.29 is 29.9 Å². The van der Waals surface area contributed by atoms with Gasteiger partial charge in [-0.3, -0.25) is 0 Å². The van der Waals surface area contributed by atoms with Crippen LogP contribution >= 0.6 is 0 Å². The van der Waals surface area contributed by atoms with Crippen molar-refractivity contribution in [2.24, 2.45) is 5.34 Å². The van der Waals surface area contributed by atoms with E-state index >= 15 is 0 Å². The van der Waals surface area contributed by atoms with Gasteiger partial charge >= 0.3 is 6.16 Å². The van der Waals surface area contributed by atoms with E-state index in [1.165, 1.54) is 0 Å². The number of hydrogen-bond donors (Lipinski definition) is 1. The van der Waals surface area contributed by atoms with Gasteiger partial charge in [-0.1, -0.05) is 0 Å². The highest BCUT2D eigenvalue weighted by Crippen LogP contribution is 1.85. The first-order chi connectivity index (χ1) is 4.31. The van der Waals surface area contributed by atoms with Crippen molar-refractivity contribution in [3.8, 4) is 0 Å². The van der Waals surface area contributed by atoms with E-state index < -0.39 is 6.16 Å². The van der Waals surface area contributed by atoms with Crippen LogP contribution in [0.2, 0.25) is 0 Å². The van der Waals surface area contributed by atoms with E-state index in [0.717, 1.165) is 0 Å². The fraction of sp³-hybridized carbons (Fsp3) is 0. The van der Waals surface area contributed by atoms with Crippen LogP contribution in [-0.4, -0.2) is 11.4 Å². The van der Waals surface area contributed by atoms with Gasteiger partial charge in [0.1, 0.15) is 0 Å². The summed E-state index contributed by atoms with van der Waals surface area (Å²) in [6.45, 7) is 0. The molecular formula is CHNO7. The van der Waals surface area contributed by atoms with E-state index in [-0.39, 0.29) is 0 Å². The topological polar surface area (TPSA) is 104 Å². The van der Waals surface area contributed by atoms with Crippen LogP contribution in [0, 0.1) is 4.91 Å². The van der Waals surface area contributed by atoms with Gasteiger partial charge in [0.15, 0.2) is 5.34 Å². The number of hydrogen-bond acceptors (Lipinski definition) is 8. The summed E-state index contributed by atoms with van der Waals surface area (Å²) in [5.41, 5.74) is 0. The summed E-state index contributed by atoms with van der Waals surface area (Å²) in [5.74, 6) is 0. The summed E-state index contributed by atoms with van der Waals surface area (Å²) in [5, 5.41) is 14.9. The predicted molar refractivity (Wildman–Crippen MR) is 18.2 cm³/mol. The molecule has 0 aliphatic heterocycles. The molecule has 0 aromatic rings. The molecule has 0 atom stereocenters. The van der Waals surface area contributed by atoms with Crippen molar-refractivity contribution in [1.82, 2.24) is 0 Å². The van der Waals surface area contributed by atoms with Crippen LogP contribution in [0.15, 0.2) is 5.34 Å². The molecular weight excluding hydrogens is 138 g/mol. The Morgan fingerprint density at radius 3 is 2.67 bits per heavy atom. The smallest absolute Gasteiger partial charge is 0.245 e. The fourth-order valence-electron chi connectivity index (χ4n) is 0.0886. The van der Waals surface area contributed by atoms with Crippen molar-refractivity contribution in [2.45, 2.75) is 0 Å². The monoisotopic (exact) mass is 139 g/mol. The van der Waals surface area contributed by atoms with Gasteiger partial charge in [-0.2, -0.15) is 4.79 Å². The standard InChI is InChI=1S/CHNO7/c3-1(6-2-4)7-9-8-5/h5H. The third-order valence-electron chi connectivity index (χ3n) is 0.244. The largest absolute Gasteiger partial charge is 0.572 e. The van der Waals surface area contributed by atoms with Crippen LogP contribution in [0.25, 0.3) is 0 Å². The second kappa shape index (κ2) is 4.90. The molecule has 8 heteroatoms. The number of carbonyl (C=O) groups excluding carboxylic acids is 1. The Balaban J connectivity index is 3.16. The first-order valence-electron chi connectivity index (χ1n) is 1.49. The van der Waals surface area contributed by atoms with Gasteiger partial charge in [0.2, 0.25) is 0 Å². The highest BCUT2D eigenvalue weighted by atomic mass is 17.7. The van der Waals surface area contributed by atoms with E-state index in [0.29, 0.717) is 0 Å². The highest BCUT2D eigenvalue weighted by Gasteiger charge is 2.04. The zero-order valence-electron chi connectivity index (χ0n) is 3.84. The predicted octanol–water partition coefficient (Wildman–Crippen LogP) is 0.157. The molecule has 0 unspecified atom stereocenters. The number of carbonyl (C=O) groups is 1. The van der Waals surface area contributed by atoms with E-state index in [1.54, 1.807) is 5.34 Å². The first kappa shape index (κ1) is 7.75. The molecule has 0 spiro atoms. The van der Waals surface area contributed by atoms with Gasteiger partial charge in [-0.25, -0.2) is 15.0 Å². The zero-order chi connectivity index (χ0) is 7.11. The average Bonchev–Trinajstić information content (AvgIpc) is 1.85. The Hall–Kier alpha value is -1.25. The minimum atomic E-state index is -1.56. The molecule has 0 aromatic heterocycles. The Morgan fingerprint density at radius 2 is 2.22 bits per heavy atom. The fourth-order valence-corrected chi connectivity index (χ4v) is 0.0886. The molecule has 0 heterocycles. The summed E-state index contributed by atoms with van der Waals surface area (Å²) in [7, 11) is 0. The van der Waals surface area contributed by atoms with E-state index in [2.05, 4.69) is 19.8 Å². The number of nitrogens with zero attached hydrogens (tertiary/aromatic N) is 1. The lowest BCUT2D eigenvalue weighted by Crippen LogP contribution is -2.03. The lowest BCUT2D eigenvalue weighted by atomic mass is 11.4. The van der Waals surface area contributed by atoms with Gasteiger partial charge in [0.05, 0.1) is 0 Å². The lowest BCUT2D eigenvalue weighted by Gasteiger charge is -1.90. The lowest BCUT2D eigenvalue weighted by molar-refractivity contribution is -0.606. The van der Waals surface area contributed by atoms with Crippen molar-refractivity contribution >= 4 is 6.16 Å². The van der Waals surface area contributed by atoms with Crippen molar-refractivity contribution in [1.29, 1.82) is 0 Å². The molecule has 9 heavy (non-hydrogen) atoms. The van der Waals surface area contributed by atoms with Crippen LogP contribution in [0.1, 0.15) is 0 Å². The van der Waals surface area contributed by atoms with Crippen molar-refractivity contribution in [3.63, 3.8) is 0 Å². The maximum absolute atomic E-state index is 9.75. The molecule has 1 N–H and O–H groups in total. The van der Waals surface area contributed by atoms with Gasteiger partial charge in [-0.05, 0) is 5.04 Å². The van der Waals surface area contributed by atoms with Crippen molar-refractivity contribution in [2.75, 3.05) is 0 Å². The van der Waals surface area contributed by atoms with Crippen LogP contribution in [0.3, 0.4) is 0 Å². The molecule has 8 nitrogen and oxygen atoms in total. The quantitative estimate of drug-likeness (QED) is 0.337. The maximum Gasteiger partial charge on any atom is 0.572 e. The minimum absolute atomic E-state index is 1.56. The normalized spacial score (nSPS) is 8.11. The molecule has 0 fully saturated rings. The van der Waals surface area contributed by atoms with E-state index in [4.69, 9.17) is 10.2 Å². The van der Waals surface area contributed by atoms with Gasteiger partial charge in [0.25, 0.3) is 0 Å². The Morgan fingerprint density at radius 1 is 1.56 bits per heavy atom. The molecule has 0 aliphatic carbocycles. The molecule has 0 saturated heterocycles. The van der Waals surface area contributed by atoms with Crippen LogP contribution in [0.5, 0.6) is 0 Å². The third-order valence-corrected chi connectivity index (χ3v) is 0.244. The Kier molecular flexibility index (Phi) is 4.22. The summed E-state index contributed by atoms with van der Waals surface area (Å²) in [6.07, 6.45) is -1.56. The summed E-state index contributed by atoms with van der Waals surface area (Å²) < 4.78 is 0. The van der Waals surface area contributed by atoms with E-state index in [1.807, 2.05) is 0 Å². The summed E-state index contributed by atoms with van der Waals surface area (Å²) in [4.78, 5) is 25.3. The molecule has 0 aliphatic rings. The zero-order valence-corrected chi connectivity index (χ0v) is 3.84. The Bertz CT molecular complexity index is 99.1. The SMILES string of the molecule is O=NOC(=O)OOOO. The highest BCUT2D eigenvalue weighted by molar-refractivity contribution is 5.58. The minimum Gasteiger partial charge on any atom is -0.245 e. The van der Waals surface area contributed by atoms with Gasteiger partial charge < -0.3 is 0 Å². The molecule has 0 aromatic carbocycles. The first-order valence-corrected chi connectivity index (χ1v) is 1.49.